The van der Waals surface area contributed by atoms with Gasteiger partial charge in [-0.2, -0.15) is 13.2 Å². The summed E-state index contributed by atoms with van der Waals surface area (Å²) >= 11 is 5.84. The zero-order valence-corrected chi connectivity index (χ0v) is 11.4. The molecule has 2 aromatic rings. The molecule has 0 bridgehead atoms. The highest BCUT2D eigenvalue weighted by Crippen LogP contribution is 2.19. The Bertz CT molecular complexity index is 657. The van der Waals surface area contributed by atoms with E-state index in [2.05, 4.69) is 4.98 Å². The fourth-order valence-electron chi connectivity index (χ4n) is 1.96. The number of imidazole rings is 1. The van der Waals surface area contributed by atoms with Crippen LogP contribution < -0.4 is 0 Å². The van der Waals surface area contributed by atoms with E-state index in [9.17, 15) is 18.0 Å². The Hall–Kier alpha value is -1.80. The van der Waals surface area contributed by atoms with Crippen LogP contribution in [0.3, 0.4) is 0 Å². The molecule has 5 nitrogen and oxygen atoms in total. The van der Waals surface area contributed by atoms with Gasteiger partial charge in [-0.15, -0.1) is 0 Å². The summed E-state index contributed by atoms with van der Waals surface area (Å²) in [6.45, 7) is -2.23. The lowest BCUT2D eigenvalue weighted by molar-refractivity contribution is -0.155. The van der Waals surface area contributed by atoms with Crippen LogP contribution in [0.4, 0.5) is 13.2 Å². The number of aromatic nitrogens is 2. The van der Waals surface area contributed by atoms with E-state index < -0.39 is 25.2 Å². The van der Waals surface area contributed by atoms with Gasteiger partial charge in [-0.3, -0.25) is 9.69 Å². The summed E-state index contributed by atoms with van der Waals surface area (Å²) in [6.07, 6.45) is -1.56. The largest absolute Gasteiger partial charge is 0.480 e. The number of carboxylic acid groups (broad SMARTS) is 1. The molecular weight excluding hydrogens is 311 g/mol. The monoisotopic (exact) mass is 321 g/mol. The van der Waals surface area contributed by atoms with Crippen molar-refractivity contribution in [1.82, 2.24) is 14.3 Å². The van der Waals surface area contributed by atoms with Gasteiger partial charge >= 0.3 is 12.1 Å². The minimum Gasteiger partial charge on any atom is -0.480 e. The van der Waals surface area contributed by atoms with E-state index in [1.54, 1.807) is 12.1 Å². The maximum Gasteiger partial charge on any atom is 0.401 e. The van der Waals surface area contributed by atoms with Crippen LogP contribution in [-0.2, 0) is 11.3 Å². The molecule has 2 aromatic heterocycles. The Kier molecular flexibility index (Phi) is 4.38. The molecule has 0 atom stereocenters. The third-order valence-corrected chi connectivity index (χ3v) is 2.92. The highest BCUT2D eigenvalue weighted by molar-refractivity contribution is 6.30. The molecule has 0 aromatic carbocycles. The van der Waals surface area contributed by atoms with Gasteiger partial charge in [-0.25, -0.2) is 4.98 Å². The molecule has 0 saturated carbocycles. The molecule has 9 heteroatoms. The summed E-state index contributed by atoms with van der Waals surface area (Å²) in [7, 11) is 0. The number of rotatable bonds is 5. The Morgan fingerprint density at radius 1 is 1.43 bits per heavy atom. The molecule has 0 spiro atoms. The van der Waals surface area contributed by atoms with Gasteiger partial charge in [-0.1, -0.05) is 11.6 Å². The molecule has 1 N–H and O–H groups in total. The SMILES string of the molecule is O=C(O)CN(Cc1cnc2ccc(Cl)cn12)CC(F)(F)F. The second-order valence-corrected chi connectivity index (χ2v) is 4.92. The number of hydrogen-bond donors (Lipinski definition) is 1. The number of carboxylic acids is 1. The molecular formula is C12H11ClF3N3O2. The van der Waals surface area contributed by atoms with Crippen molar-refractivity contribution >= 4 is 23.2 Å². The maximum absolute atomic E-state index is 12.5. The molecule has 2 rings (SSSR count). The Morgan fingerprint density at radius 2 is 2.14 bits per heavy atom. The number of alkyl halides is 3. The first-order valence-corrected chi connectivity index (χ1v) is 6.25. The first-order chi connectivity index (χ1) is 9.74. The molecule has 0 saturated heterocycles. The fourth-order valence-corrected chi connectivity index (χ4v) is 2.12. The Balaban J connectivity index is 2.25. The molecule has 0 aliphatic rings. The summed E-state index contributed by atoms with van der Waals surface area (Å²) in [6, 6.07) is 3.23. The Labute approximate surface area is 122 Å². The van der Waals surface area contributed by atoms with Gasteiger partial charge in [0.2, 0.25) is 0 Å². The number of aliphatic carboxylic acids is 1. The number of fused-ring (bicyclic) bond motifs is 1. The van der Waals surface area contributed by atoms with Crippen LogP contribution in [0.5, 0.6) is 0 Å². The van der Waals surface area contributed by atoms with E-state index in [1.807, 2.05) is 0 Å². The van der Waals surface area contributed by atoms with Crippen molar-refractivity contribution < 1.29 is 23.1 Å². The van der Waals surface area contributed by atoms with E-state index in [1.165, 1.54) is 16.8 Å². The van der Waals surface area contributed by atoms with Crippen LogP contribution in [0.15, 0.2) is 24.5 Å². The van der Waals surface area contributed by atoms with E-state index >= 15 is 0 Å². The second kappa shape index (κ2) is 5.90. The van der Waals surface area contributed by atoms with Crippen LogP contribution in [0, 0.1) is 0 Å². The summed E-state index contributed by atoms with van der Waals surface area (Å²) in [5.41, 5.74) is 0.953. The predicted molar refractivity (Wildman–Crippen MR) is 69.2 cm³/mol. The minimum absolute atomic E-state index is 0.201. The van der Waals surface area contributed by atoms with Crippen molar-refractivity contribution in [2.24, 2.45) is 0 Å². The van der Waals surface area contributed by atoms with Crippen molar-refractivity contribution in [2.45, 2.75) is 12.7 Å². The summed E-state index contributed by atoms with van der Waals surface area (Å²) in [4.78, 5) is 15.5. The van der Waals surface area contributed by atoms with Gasteiger partial charge < -0.3 is 9.51 Å². The number of hydrogen-bond acceptors (Lipinski definition) is 3. The normalized spacial score (nSPS) is 12.2. The van der Waals surface area contributed by atoms with Crippen molar-refractivity contribution in [1.29, 1.82) is 0 Å². The number of halogens is 4. The molecule has 2 heterocycles. The smallest absolute Gasteiger partial charge is 0.401 e. The van der Waals surface area contributed by atoms with Gasteiger partial charge in [0.05, 0.1) is 30.0 Å². The molecule has 0 amide bonds. The van der Waals surface area contributed by atoms with Crippen LogP contribution in [0.1, 0.15) is 5.69 Å². The zero-order chi connectivity index (χ0) is 15.6. The number of pyridine rings is 1. The first kappa shape index (κ1) is 15.6. The third-order valence-electron chi connectivity index (χ3n) is 2.69. The van der Waals surface area contributed by atoms with Crippen LogP contribution in [0.2, 0.25) is 5.02 Å². The topological polar surface area (TPSA) is 57.8 Å². The summed E-state index contributed by atoms with van der Waals surface area (Å²) in [5, 5.41) is 9.12. The summed E-state index contributed by atoms with van der Waals surface area (Å²) < 4.78 is 39.0. The van der Waals surface area contributed by atoms with Crippen molar-refractivity contribution in [3.63, 3.8) is 0 Å². The molecule has 0 aliphatic heterocycles. The fraction of sp³-hybridized carbons (Fsp3) is 0.333. The maximum atomic E-state index is 12.5. The first-order valence-electron chi connectivity index (χ1n) is 5.87. The average molecular weight is 322 g/mol. The van der Waals surface area contributed by atoms with Crippen LogP contribution in [-0.4, -0.2) is 44.6 Å². The van der Waals surface area contributed by atoms with Gasteiger partial charge in [0.25, 0.3) is 0 Å². The zero-order valence-electron chi connectivity index (χ0n) is 10.6. The van der Waals surface area contributed by atoms with E-state index in [4.69, 9.17) is 16.7 Å². The minimum atomic E-state index is -4.48. The molecule has 21 heavy (non-hydrogen) atoms. The van der Waals surface area contributed by atoms with Crippen LogP contribution in [0.25, 0.3) is 5.65 Å². The molecule has 0 radical (unpaired) electrons. The van der Waals surface area contributed by atoms with Crippen molar-refractivity contribution in [3.8, 4) is 0 Å². The van der Waals surface area contributed by atoms with Crippen molar-refractivity contribution in [2.75, 3.05) is 13.1 Å². The lowest BCUT2D eigenvalue weighted by Gasteiger charge is -2.21. The standard InChI is InChI=1S/C12H11ClF3N3O2/c13-8-1-2-10-17-3-9(19(10)4-8)5-18(6-11(20)21)7-12(14,15)16/h1-4H,5-7H2,(H,20,21). The number of carbonyl (C=O) groups is 1. The lowest BCUT2D eigenvalue weighted by atomic mass is 10.3. The van der Waals surface area contributed by atoms with Gasteiger partial charge in [-0.05, 0) is 12.1 Å². The highest BCUT2D eigenvalue weighted by Gasteiger charge is 2.31. The van der Waals surface area contributed by atoms with Gasteiger partial charge in [0, 0.05) is 12.7 Å². The van der Waals surface area contributed by atoms with E-state index in [0.717, 1.165) is 4.90 Å². The average Bonchev–Trinajstić information content (AvgIpc) is 2.69. The molecule has 0 aliphatic carbocycles. The predicted octanol–water partition coefficient (Wildman–Crippen LogP) is 2.44. The number of nitrogens with zero attached hydrogens (tertiary/aromatic N) is 3. The summed E-state index contributed by atoms with van der Waals surface area (Å²) in [5.74, 6) is -1.33. The van der Waals surface area contributed by atoms with Crippen molar-refractivity contribution in [3.05, 3.63) is 35.2 Å². The molecule has 0 fully saturated rings. The Morgan fingerprint density at radius 3 is 2.76 bits per heavy atom. The van der Waals surface area contributed by atoms with E-state index in [-0.39, 0.29) is 6.54 Å². The lowest BCUT2D eigenvalue weighted by Crippen LogP contribution is -2.37. The highest BCUT2D eigenvalue weighted by atomic mass is 35.5. The second-order valence-electron chi connectivity index (χ2n) is 4.48. The van der Waals surface area contributed by atoms with E-state index in [0.29, 0.717) is 16.4 Å². The van der Waals surface area contributed by atoms with Gasteiger partial charge in [0.1, 0.15) is 5.65 Å². The van der Waals surface area contributed by atoms with Crippen LogP contribution >= 0.6 is 11.6 Å². The molecule has 114 valence electrons. The quantitative estimate of drug-likeness (QED) is 0.919. The molecule has 0 unspecified atom stereocenters. The van der Waals surface area contributed by atoms with Gasteiger partial charge in [0.15, 0.2) is 0 Å². The third kappa shape index (κ3) is 4.33.